The van der Waals surface area contributed by atoms with Gasteiger partial charge in [-0.05, 0) is 55.8 Å². The number of hydrogen-bond acceptors (Lipinski definition) is 3. The lowest BCUT2D eigenvalue weighted by atomic mass is 10.1. The van der Waals surface area contributed by atoms with Crippen molar-refractivity contribution in [2.24, 2.45) is 0 Å². The van der Waals surface area contributed by atoms with Gasteiger partial charge in [-0.3, -0.25) is 9.59 Å². The summed E-state index contributed by atoms with van der Waals surface area (Å²) < 4.78 is 0. The molecule has 0 unspecified atom stereocenters. The van der Waals surface area contributed by atoms with Crippen LogP contribution < -0.4 is 16.0 Å². The number of piperidine rings is 1. The van der Waals surface area contributed by atoms with Gasteiger partial charge >= 0.3 is 0 Å². The third-order valence-corrected chi connectivity index (χ3v) is 4.07. The number of halogens is 1. The molecule has 1 fully saturated rings. The van der Waals surface area contributed by atoms with Gasteiger partial charge < -0.3 is 16.0 Å². The molecule has 6 heteroatoms. The van der Waals surface area contributed by atoms with E-state index in [9.17, 15) is 9.59 Å². The predicted molar refractivity (Wildman–Crippen MR) is 101 cm³/mol. The first kappa shape index (κ1) is 19.0. The molecule has 3 N–H and O–H groups in total. The molecule has 5 nitrogen and oxygen atoms in total. The van der Waals surface area contributed by atoms with E-state index in [2.05, 4.69) is 16.0 Å². The lowest BCUT2D eigenvalue weighted by molar-refractivity contribution is 0.0930. The molecule has 1 atom stereocenters. The standard InChI is InChI=1S/C19H21N3O2.ClH/c23-18(14-5-2-1-3-6-14)21-16-10-8-15(9-11-16)19(24)22-17-7-4-12-20-13-17;/h1-3,5-6,8-11,17,20H,4,7,12-13H2,(H,21,23)(H,22,24);1H/t17-;/m0./s1. The Morgan fingerprint density at radius 2 is 1.60 bits per heavy atom. The summed E-state index contributed by atoms with van der Waals surface area (Å²) in [7, 11) is 0. The lowest BCUT2D eigenvalue weighted by Crippen LogP contribution is -2.45. The molecule has 1 heterocycles. The first-order valence-corrected chi connectivity index (χ1v) is 8.20. The molecule has 1 aliphatic heterocycles. The zero-order valence-electron chi connectivity index (χ0n) is 13.8. The van der Waals surface area contributed by atoms with Crippen LogP contribution in [0.5, 0.6) is 0 Å². The van der Waals surface area contributed by atoms with Gasteiger partial charge in [0.15, 0.2) is 0 Å². The molecule has 132 valence electrons. The highest BCUT2D eigenvalue weighted by Crippen LogP contribution is 2.12. The largest absolute Gasteiger partial charge is 0.348 e. The molecule has 2 aromatic rings. The van der Waals surface area contributed by atoms with Crippen molar-refractivity contribution in [3.8, 4) is 0 Å². The molecule has 0 saturated carbocycles. The maximum Gasteiger partial charge on any atom is 0.255 e. The summed E-state index contributed by atoms with van der Waals surface area (Å²) in [4.78, 5) is 24.3. The Balaban J connectivity index is 0.00000225. The molecule has 3 rings (SSSR count). The number of hydrogen-bond donors (Lipinski definition) is 3. The van der Waals surface area contributed by atoms with E-state index in [0.717, 1.165) is 25.9 Å². The lowest BCUT2D eigenvalue weighted by Gasteiger charge is -2.23. The average Bonchev–Trinajstić information content (AvgIpc) is 2.64. The fraction of sp³-hybridized carbons (Fsp3) is 0.263. The zero-order valence-corrected chi connectivity index (χ0v) is 14.6. The van der Waals surface area contributed by atoms with Crippen LogP contribution in [-0.4, -0.2) is 30.9 Å². The first-order chi connectivity index (χ1) is 11.7. The van der Waals surface area contributed by atoms with Gasteiger partial charge in [-0.1, -0.05) is 18.2 Å². The highest BCUT2D eigenvalue weighted by Gasteiger charge is 2.16. The topological polar surface area (TPSA) is 70.2 Å². The van der Waals surface area contributed by atoms with E-state index in [1.807, 2.05) is 18.2 Å². The normalized spacial score (nSPS) is 16.4. The summed E-state index contributed by atoms with van der Waals surface area (Å²) >= 11 is 0. The fourth-order valence-corrected chi connectivity index (χ4v) is 2.74. The number of carbonyl (C=O) groups excluding carboxylic acids is 2. The van der Waals surface area contributed by atoms with Gasteiger partial charge in [-0.25, -0.2) is 0 Å². The fourth-order valence-electron chi connectivity index (χ4n) is 2.74. The van der Waals surface area contributed by atoms with Gasteiger partial charge in [0.25, 0.3) is 11.8 Å². The van der Waals surface area contributed by atoms with Crippen LogP contribution in [0.25, 0.3) is 0 Å². The maximum atomic E-state index is 12.2. The summed E-state index contributed by atoms with van der Waals surface area (Å²) in [6.45, 7) is 1.83. The smallest absolute Gasteiger partial charge is 0.255 e. The first-order valence-electron chi connectivity index (χ1n) is 8.20. The number of anilines is 1. The van der Waals surface area contributed by atoms with E-state index in [4.69, 9.17) is 0 Å². The van der Waals surface area contributed by atoms with E-state index in [1.54, 1.807) is 36.4 Å². The van der Waals surface area contributed by atoms with Crippen molar-refractivity contribution >= 4 is 29.9 Å². The Hall–Kier alpha value is -2.37. The molecule has 2 amide bonds. The number of benzene rings is 2. The number of nitrogens with one attached hydrogen (secondary N) is 3. The van der Waals surface area contributed by atoms with Gasteiger partial charge in [0.1, 0.15) is 0 Å². The Morgan fingerprint density at radius 1 is 0.920 bits per heavy atom. The zero-order chi connectivity index (χ0) is 16.8. The summed E-state index contributed by atoms with van der Waals surface area (Å²) in [5.74, 6) is -0.245. The van der Waals surface area contributed by atoms with Crippen LogP contribution in [0, 0.1) is 0 Å². The van der Waals surface area contributed by atoms with Gasteiger partial charge in [0, 0.05) is 29.4 Å². The van der Waals surface area contributed by atoms with Gasteiger partial charge in [0.05, 0.1) is 0 Å². The minimum Gasteiger partial charge on any atom is -0.348 e. The molecule has 0 aliphatic carbocycles. The van der Waals surface area contributed by atoms with Crippen LogP contribution in [0.1, 0.15) is 33.6 Å². The second-order valence-corrected chi connectivity index (χ2v) is 5.91. The molecule has 0 aromatic heterocycles. The van der Waals surface area contributed by atoms with Crippen LogP contribution in [0.2, 0.25) is 0 Å². The van der Waals surface area contributed by atoms with Crippen LogP contribution >= 0.6 is 12.4 Å². The van der Waals surface area contributed by atoms with Crippen molar-refractivity contribution in [3.63, 3.8) is 0 Å². The molecule has 1 saturated heterocycles. The van der Waals surface area contributed by atoms with Crippen LogP contribution in [-0.2, 0) is 0 Å². The third-order valence-electron chi connectivity index (χ3n) is 4.07. The molecule has 25 heavy (non-hydrogen) atoms. The molecular formula is C19H22ClN3O2. The Kier molecular flexibility index (Phi) is 6.98. The molecule has 0 radical (unpaired) electrons. The predicted octanol–water partition coefficient (Wildman–Crippen LogP) is 2.84. The quantitative estimate of drug-likeness (QED) is 0.786. The minimum absolute atomic E-state index is 0. The van der Waals surface area contributed by atoms with Crippen molar-refractivity contribution in [2.75, 3.05) is 18.4 Å². The minimum atomic E-state index is -0.166. The highest BCUT2D eigenvalue weighted by atomic mass is 35.5. The number of amides is 2. The van der Waals surface area contributed by atoms with Crippen molar-refractivity contribution in [3.05, 3.63) is 65.7 Å². The van der Waals surface area contributed by atoms with E-state index in [-0.39, 0.29) is 30.3 Å². The molecular weight excluding hydrogens is 338 g/mol. The van der Waals surface area contributed by atoms with Crippen molar-refractivity contribution in [1.29, 1.82) is 0 Å². The van der Waals surface area contributed by atoms with Gasteiger partial charge in [0.2, 0.25) is 0 Å². The van der Waals surface area contributed by atoms with Crippen LogP contribution in [0.3, 0.4) is 0 Å². The molecule has 1 aliphatic rings. The summed E-state index contributed by atoms with van der Waals surface area (Å²) in [6, 6.07) is 16.2. The monoisotopic (exact) mass is 359 g/mol. The van der Waals surface area contributed by atoms with Crippen molar-refractivity contribution < 1.29 is 9.59 Å². The third kappa shape index (κ3) is 5.31. The maximum absolute atomic E-state index is 12.2. The van der Waals surface area contributed by atoms with Crippen LogP contribution in [0.4, 0.5) is 5.69 Å². The Bertz CT molecular complexity index is 698. The Labute approximate surface area is 153 Å². The average molecular weight is 360 g/mol. The van der Waals surface area contributed by atoms with Crippen molar-refractivity contribution in [1.82, 2.24) is 10.6 Å². The second kappa shape index (κ2) is 9.20. The summed E-state index contributed by atoms with van der Waals surface area (Å²) in [5, 5.41) is 9.13. The highest BCUT2D eigenvalue weighted by molar-refractivity contribution is 6.04. The Morgan fingerprint density at radius 3 is 2.24 bits per heavy atom. The molecule has 0 spiro atoms. The number of rotatable bonds is 4. The van der Waals surface area contributed by atoms with E-state index in [1.165, 1.54) is 0 Å². The summed E-state index contributed by atoms with van der Waals surface area (Å²) in [5.41, 5.74) is 1.86. The van der Waals surface area contributed by atoms with E-state index in [0.29, 0.717) is 16.8 Å². The van der Waals surface area contributed by atoms with Crippen LogP contribution in [0.15, 0.2) is 54.6 Å². The molecule has 2 aromatic carbocycles. The van der Waals surface area contributed by atoms with E-state index < -0.39 is 0 Å². The molecule has 0 bridgehead atoms. The summed E-state index contributed by atoms with van der Waals surface area (Å²) in [6.07, 6.45) is 2.08. The van der Waals surface area contributed by atoms with Crippen molar-refractivity contribution in [2.45, 2.75) is 18.9 Å². The second-order valence-electron chi connectivity index (χ2n) is 5.91. The SMILES string of the molecule is Cl.O=C(Nc1ccc(C(=O)N[C@H]2CCCNC2)cc1)c1ccccc1. The van der Waals surface area contributed by atoms with E-state index >= 15 is 0 Å². The number of carbonyl (C=O) groups is 2. The van der Waals surface area contributed by atoms with Gasteiger partial charge in [-0.15, -0.1) is 12.4 Å². The van der Waals surface area contributed by atoms with Gasteiger partial charge in [-0.2, -0.15) is 0 Å².